The molecule has 0 atom stereocenters. The van der Waals surface area contributed by atoms with Crippen molar-refractivity contribution in [1.82, 2.24) is 0 Å². The van der Waals surface area contributed by atoms with Gasteiger partial charge in [-0.3, -0.25) is 4.79 Å². The predicted octanol–water partition coefficient (Wildman–Crippen LogP) is 9.64. The number of hydrogen-bond acceptors (Lipinski definition) is 3. The molecule has 30 heavy (non-hydrogen) atoms. The van der Waals surface area contributed by atoms with Crippen molar-refractivity contribution in [2.45, 2.75) is 122 Å². The fraction of sp³-hybridized carbons (Fsp3) is 0.741. The second-order valence-electron chi connectivity index (χ2n) is 8.76. The van der Waals surface area contributed by atoms with Gasteiger partial charge in [-0.25, -0.2) is 0 Å². The van der Waals surface area contributed by atoms with Crippen LogP contribution in [-0.4, -0.2) is 11.5 Å². The van der Waals surface area contributed by atoms with Gasteiger partial charge >= 0.3 is 0 Å². The van der Waals surface area contributed by atoms with Crippen molar-refractivity contribution in [2.24, 2.45) is 0 Å². The average Bonchev–Trinajstić information content (AvgIpc) is 2.76. The van der Waals surface area contributed by atoms with Gasteiger partial charge in [0.05, 0.1) is 5.75 Å². The van der Waals surface area contributed by atoms with E-state index in [9.17, 15) is 4.79 Å². The first-order valence-corrected chi connectivity index (χ1v) is 14.7. The van der Waals surface area contributed by atoms with Gasteiger partial charge in [-0.15, -0.1) is 11.7 Å². The molecule has 0 unspecified atom stereocenters. The molecule has 0 amide bonds. The van der Waals surface area contributed by atoms with Crippen LogP contribution in [0.15, 0.2) is 24.3 Å². The minimum absolute atomic E-state index is 0.206. The van der Waals surface area contributed by atoms with Crippen LogP contribution in [0.25, 0.3) is 0 Å². The fourth-order valence-electron chi connectivity index (χ4n) is 4.19. The molecule has 0 N–H and O–H groups in total. The van der Waals surface area contributed by atoms with Crippen LogP contribution in [0.3, 0.4) is 0 Å². The van der Waals surface area contributed by atoms with Crippen molar-refractivity contribution in [2.75, 3.05) is 5.75 Å². The van der Waals surface area contributed by atoms with E-state index in [1.165, 1.54) is 126 Å². The number of rotatable bonds is 21. The molecular weight excluding hydrogens is 404 g/mol. The quantitative estimate of drug-likeness (QED) is 0.0868. The van der Waals surface area contributed by atoms with E-state index < -0.39 is 0 Å². The molecule has 0 aliphatic rings. The van der Waals surface area contributed by atoms with Crippen LogP contribution >= 0.6 is 22.5 Å². The van der Waals surface area contributed by atoms with E-state index in [1.807, 2.05) is 18.2 Å². The Morgan fingerprint density at radius 1 is 0.700 bits per heavy atom. The van der Waals surface area contributed by atoms with E-state index >= 15 is 0 Å². The summed E-state index contributed by atoms with van der Waals surface area (Å²) in [5, 5.41) is 0. The smallest absolute Gasteiger partial charge is 0.173 e. The van der Waals surface area contributed by atoms with Gasteiger partial charge in [0.25, 0.3) is 0 Å². The number of aryl methyl sites for hydroxylation is 1. The van der Waals surface area contributed by atoms with E-state index in [0.29, 0.717) is 5.75 Å². The third kappa shape index (κ3) is 14.6. The highest BCUT2D eigenvalue weighted by molar-refractivity contribution is 8.68. The zero-order valence-corrected chi connectivity index (χ0v) is 21.2. The monoisotopic (exact) mass is 450 g/mol. The fourth-order valence-corrected chi connectivity index (χ4v) is 4.81. The summed E-state index contributed by atoms with van der Waals surface area (Å²) in [6.07, 6.45) is 24.8. The molecule has 0 radical (unpaired) electrons. The van der Waals surface area contributed by atoms with Gasteiger partial charge in [0, 0.05) is 5.56 Å². The van der Waals surface area contributed by atoms with Crippen LogP contribution < -0.4 is 0 Å². The van der Waals surface area contributed by atoms with Gasteiger partial charge in [0.1, 0.15) is 0 Å². The highest BCUT2D eigenvalue weighted by Crippen LogP contribution is 2.18. The SMILES string of the molecule is CCCCCCCCCCCCCCCCCCCc1ccccc1C(=O)CSS. The minimum Gasteiger partial charge on any atom is -0.293 e. The van der Waals surface area contributed by atoms with Crippen LogP contribution in [0.5, 0.6) is 0 Å². The Balaban J connectivity index is 1.90. The van der Waals surface area contributed by atoms with Gasteiger partial charge in [-0.2, -0.15) is 0 Å². The molecule has 3 heteroatoms. The Hall–Kier alpha value is -0.410. The number of thiol groups is 1. The van der Waals surface area contributed by atoms with Crippen molar-refractivity contribution < 1.29 is 4.79 Å². The summed E-state index contributed by atoms with van der Waals surface area (Å²) in [5.74, 6) is 0.664. The summed E-state index contributed by atoms with van der Waals surface area (Å²) in [7, 11) is 1.31. The summed E-state index contributed by atoms with van der Waals surface area (Å²) < 4.78 is 0. The third-order valence-corrected chi connectivity index (χ3v) is 6.84. The second kappa shape index (κ2) is 20.5. The molecule has 0 saturated heterocycles. The van der Waals surface area contributed by atoms with Crippen LogP contribution in [0, 0.1) is 0 Å². The van der Waals surface area contributed by atoms with Crippen LogP contribution in [0.1, 0.15) is 132 Å². The van der Waals surface area contributed by atoms with Gasteiger partial charge in [0.2, 0.25) is 0 Å². The lowest BCUT2D eigenvalue weighted by molar-refractivity contribution is 0.102. The van der Waals surface area contributed by atoms with Crippen molar-refractivity contribution in [3.8, 4) is 0 Å². The highest BCUT2D eigenvalue weighted by Gasteiger charge is 2.10. The molecule has 0 heterocycles. The summed E-state index contributed by atoms with van der Waals surface area (Å²) in [5.41, 5.74) is 2.11. The van der Waals surface area contributed by atoms with Crippen molar-refractivity contribution >= 4 is 28.2 Å². The molecule has 0 fully saturated rings. The molecule has 0 aliphatic heterocycles. The van der Waals surface area contributed by atoms with E-state index in [2.05, 4.69) is 24.7 Å². The Morgan fingerprint density at radius 3 is 1.60 bits per heavy atom. The highest BCUT2D eigenvalue weighted by atomic mass is 33.1. The summed E-state index contributed by atoms with van der Waals surface area (Å²) in [6.45, 7) is 2.29. The van der Waals surface area contributed by atoms with Crippen LogP contribution in [-0.2, 0) is 6.42 Å². The van der Waals surface area contributed by atoms with Gasteiger partial charge in [0.15, 0.2) is 5.78 Å². The molecule has 0 aromatic heterocycles. The molecule has 0 bridgehead atoms. The zero-order valence-electron chi connectivity index (χ0n) is 19.5. The summed E-state index contributed by atoms with van der Waals surface area (Å²) >= 11 is 4.11. The number of benzene rings is 1. The number of hydrogen-bond donors (Lipinski definition) is 1. The normalized spacial score (nSPS) is 11.1. The largest absolute Gasteiger partial charge is 0.293 e. The lowest BCUT2D eigenvalue weighted by atomic mass is 9.98. The molecule has 0 aliphatic carbocycles. The maximum atomic E-state index is 12.2. The predicted molar refractivity (Wildman–Crippen MR) is 140 cm³/mol. The summed E-state index contributed by atoms with van der Waals surface area (Å²) in [4.78, 5) is 12.2. The number of carbonyl (C=O) groups is 1. The molecule has 0 spiro atoms. The van der Waals surface area contributed by atoms with E-state index in [4.69, 9.17) is 0 Å². The second-order valence-corrected chi connectivity index (χ2v) is 10.1. The topological polar surface area (TPSA) is 17.1 Å². The van der Waals surface area contributed by atoms with Crippen LogP contribution in [0.2, 0.25) is 0 Å². The number of ketones is 1. The lowest BCUT2D eigenvalue weighted by Gasteiger charge is -2.08. The Labute approximate surface area is 196 Å². The number of unbranched alkanes of at least 4 members (excludes halogenated alkanes) is 16. The van der Waals surface area contributed by atoms with E-state index in [1.54, 1.807) is 0 Å². The van der Waals surface area contributed by atoms with Crippen LogP contribution in [0.4, 0.5) is 0 Å². The Kier molecular flexibility index (Phi) is 18.9. The molecule has 0 saturated carbocycles. The standard InChI is InChI=1S/C27H46OS2/c1-2-3-4-5-6-7-8-9-10-11-12-13-14-15-16-17-18-21-25-22-19-20-23-26(25)27(28)24-30-29/h19-20,22-23,29H,2-18,21,24H2,1H3. The molecule has 1 aromatic rings. The molecular formula is C27H46OS2. The zero-order chi connectivity index (χ0) is 21.7. The van der Waals surface area contributed by atoms with E-state index in [0.717, 1.165) is 12.0 Å². The van der Waals surface area contributed by atoms with Crippen molar-refractivity contribution in [3.63, 3.8) is 0 Å². The maximum absolute atomic E-state index is 12.2. The minimum atomic E-state index is 0.206. The first-order chi connectivity index (χ1) is 14.8. The average molecular weight is 451 g/mol. The van der Waals surface area contributed by atoms with Gasteiger partial charge in [-0.1, -0.05) is 145 Å². The number of carbonyl (C=O) groups excluding carboxylic acids is 1. The number of Topliss-reactive ketones (excluding diaryl/α,β-unsaturated/α-hetero) is 1. The first-order valence-electron chi connectivity index (χ1n) is 12.7. The first kappa shape index (κ1) is 27.6. The Bertz CT molecular complexity index is 529. The Morgan fingerprint density at radius 2 is 1.13 bits per heavy atom. The molecule has 1 aromatic carbocycles. The van der Waals surface area contributed by atoms with Gasteiger partial charge < -0.3 is 0 Å². The molecule has 1 nitrogen and oxygen atoms in total. The molecule has 1 rings (SSSR count). The molecule has 172 valence electrons. The lowest BCUT2D eigenvalue weighted by Crippen LogP contribution is -2.05. The maximum Gasteiger partial charge on any atom is 0.173 e. The third-order valence-electron chi connectivity index (χ3n) is 6.06. The van der Waals surface area contributed by atoms with Gasteiger partial charge in [-0.05, 0) is 18.4 Å². The summed E-state index contributed by atoms with van der Waals surface area (Å²) in [6, 6.07) is 8.10. The van der Waals surface area contributed by atoms with Crippen molar-refractivity contribution in [1.29, 1.82) is 0 Å². The van der Waals surface area contributed by atoms with E-state index in [-0.39, 0.29) is 5.78 Å². The van der Waals surface area contributed by atoms with Crippen molar-refractivity contribution in [3.05, 3.63) is 35.4 Å².